The van der Waals surface area contributed by atoms with Gasteiger partial charge < -0.3 is 10.4 Å². The number of halogens is 1. The third-order valence-electron chi connectivity index (χ3n) is 4.08. The van der Waals surface area contributed by atoms with Gasteiger partial charge in [-0.25, -0.2) is 4.98 Å². The lowest BCUT2D eigenvalue weighted by atomic mass is 10.0. The van der Waals surface area contributed by atoms with Crippen molar-refractivity contribution in [2.45, 2.75) is 26.7 Å². The van der Waals surface area contributed by atoms with Gasteiger partial charge in [0, 0.05) is 24.4 Å². The Hall–Kier alpha value is -2.62. The second kappa shape index (κ2) is 9.73. The molecule has 0 bridgehead atoms. The third kappa shape index (κ3) is 5.47. The largest absolute Gasteiger partial charge is 0.395 e. The predicted octanol–water partition coefficient (Wildman–Crippen LogP) is 3.43. The van der Waals surface area contributed by atoms with Crippen LogP contribution in [0.2, 0.25) is 5.02 Å². The standard InChI is InChI=1S/C19H21ClN6O2S/c1-3-16-23-17(21-7-8-27)25-18(24-16)26-19-22-10-15(29-19)14(28)9-12-11(2)5-4-6-13(12)20/h4-6,10,27H,3,7-9H2,1-2H3,(H2,21,22,23,24,25,26). The molecule has 0 aliphatic rings. The Morgan fingerprint density at radius 3 is 2.76 bits per heavy atom. The van der Waals surface area contributed by atoms with E-state index in [0.29, 0.717) is 45.7 Å². The summed E-state index contributed by atoms with van der Waals surface area (Å²) >= 11 is 7.46. The molecule has 3 rings (SSSR count). The number of Topliss-reactive ketones (excluding diaryl/α,β-unsaturated/α-hetero) is 1. The maximum Gasteiger partial charge on any atom is 0.234 e. The van der Waals surface area contributed by atoms with E-state index in [1.807, 2.05) is 26.0 Å². The highest BCUT2D eigenvalue weighted by atomic mass is 35.5. The number of ketones is 1. The molecule has 2 heterocycles. The highest BCUT2D eigenvalue weighted by molar-refractivity contribution is 7.17. The predicted molar refractivity (Wildman–Crippen MR) is 114 cm³/mol. The van der Waals surface area contributed by atoms with Crippen LogP contribution in [-0.4, -0.2) is 44.0 Å². The summed E-state index contributed by atoms with van der Waals surface area (Å²) in [5, 5.41) is 16.0. The average Bonchev–Trinajstić information content (AvgIpc) is 3.17. The van der Waals surface area contributed by atoms with Gasteiger partial charge in [0.1, 0.15) is 5.82 Å². The van der Waals surface area contributed by atoms with Gasteiger partial charge in [-0.3, -0.25) is 10.1 Å². The lowest BCUT2D eigenvalue weighted by molar-refractivity contribution is 0.0996. The molecule has 0 aliphatic heterocycles. The zero-order valence-corrected chi connectivity index (χ0v) is 17.6. The maximum atomic E-state index is 12.7. The number of aromatic nitrogens is 4. The molecular weight excluding hydrogens is 412 g/mol. The van der Waals surface area contributed by atoms with Crippen molar-refractivity contribution in [3.8, 4) is 0 Å². The van der Waals surface area contributed by atoms with Gasteiger partial charge in [0.2, 0.25) is 11.9 Å². The SMILES string of the molecule is CCc1nc(NCCO)nc(Nc2ncc(C(=O)Cc3c(C)cccc3Cl)s2)n1. The fourth-order valence-corrected chi connectivity index (χ4v) is 3.61. The zero-order chi connectivity index (χ0) is 20.8. The van der Waals surface area contributed by atoms with Crippen LogP contribution in [0.4, 0.5) is 17.0 Å². The fraction of sp³-hybridized carbons (Fsp3) is 0.316. The number of nitrogens with one attached hydrogen (secondary N) is 2. The quantitative estimate of drug-likeness (QED) is 0.441. The number of benzene rings is 1. The van der Waals surface area contributed by atoms with Crippen LogP contribution >= 0.6 is 22.9 Å². The number of aliphatic hydroxyl groups excluding tert-OH is 1. The van der Waals surface area contributed by atoms with E-state index in [2.05, 4.69) is 30.6 Å². The van der Waals surface area contributed by atoms with E-state index in [-0.39, 0.29) is 18.8 Å². The molecule has 2 aromatic heterocycles. The van der Waals surface area contributed by atoms with Crippen molar-refractivity contribution in [2.75, 3.05) is 23.8 Å². The molecule has 0 amide bonds. The molecule has 152 valence electrons. The van der Waals surface area contributed by atoms with Crippen LogP contribution in [-0.2, 0) is 12.8 Å². The molecule has 3 aromatic rings. The summed E-state index contributed by atoms with van der Waals surface area (Å²) in [6.07, 6.45) is 2.38. The van der Waals surface area contributed by atoms with Crippen molar-refractivity contribution in [2.24, 2.45) is 0 Å². The number of aryl methyl sites for hydroxylation is 2. The topological polar surface area (TPSA) is 113 Å². The number of nitrogens with zero attached hydrogens (tertiary/aromatic N) is 4. The molecule has 3 N–H and O–H groups in total. The van der Waals surface area contributed by atoms with Crippen LogP contribution in [0.25, 0.3) is 0 Å². The van der Waals surface area contributed by atoms with E-state index in [1.165, 1.54) is 17.5 Å². The number of rotatable bonds is 9. The van der Waals surface area contributed by atoms with Crippen LogP contribution < -0.4 is 10.6 Å². The average molecular weight is 433 g/mol. The van der Waals surface area contributed by atoms with E-state index >= 15 is 0 Å². The van der Waals surface area contributed by atoms with Crippen LogP contribution in [0, 0.1) is 6.92 Å². The van der Waals surface area contributed by atoms with Gasteiger partial charge in [0.05, 0.1) is 17.7 Å². The summed E-state index contributed by atoms with van der Waals surface area (Å²) < 4.78 is 0. The van der Waals surface area contributed by atoms with Gasteiger partial charge in [-0.15, -0.1) is 0 Å². The van der Waals surface area contributed by atoms with Crippen molar-refractivity contribution in [1.29, 1.82) is 0 Å². The van der Waals surface area contributed by atoms with Crippen LogP contribution in [0.3, 0.4) is 0 Å². The number of anilines is 3. The van der Waals surface area contributed by atoms with Gasteiger partial charge in [-0.1, -0.05) is 42.0 Å². The summed E-state index contributed by atoms with van der Waals surface area (Å²) in [7, 11) is 0. The summed E-state index contributed by atoms with van der Waals surface area (Å²) in [6.45, 7) is 4.18. The number of carbonyl (C=O) groups is 1. The molecule has 1 aromatic carbocycles. The minimum Gasteiger partial charge on any atom is -0.395 e. The molecule has 0 atom stereocenters. The molecule has 8 nitrogen and oxygen atoms in total. The Bertz CT molecular complexity index is 990. The van der Waals surface area contributed by atoms with Crippen LogP contribution in [0.5, 0.6) is 0 Å². The Kier molecular flexibility index (Phi) is 7.08. The summed E-state index contributed by atoms with van der Waals surface area (Å²) in [5.74, 6) is 1.25. The van der Waals surface area contributed by atoms with E-state index in [0.717, 1.165) is 11.1 Å². The van der Waals surface area contributed by atoms with E-state index in [9.17, 15) is 4.79 Å². The molecule has 0 saturated heterocycles. The zero-order valence-electron chi connectivity index (χ0n) is 16.1. The minimum absolute atomic E-state index is 0.0290. The van der Waals surface area contributed by atoms with E-state index in [1.54, 1.807) is 6.07 Å². The van der Waals surface area contributed by atoms with Crippen molar-refractivity contribution in [3.05, 3.63) is 51.2 Å². The number of thiazole rings is 1. The van der Waals surface area contributed by atoms with Gasteiger partial charge in [0.15, 0.2) is 10.9 Å². The number of hydrogen-bond donors (Lipinski definition) is 3. The highest BCUT2D eigenvalue weighted by Gasteiger charge is 2.15. The first-order chi connectivity index (χ1) is 14.0. The Morgan fingerprint density at radius 2 is 2.03 bits per heavy atom. The summed E-state index contributed by atoms with van der Waals surface area (Å²) in [6, 6.07) is 5.58. The molecule has 0 saturated carbocycles. The molecule has 0 fully saturated rings. The Balaban J connectivity index is 1.74. The molecule has 0 aliphatic carbocycles. The molecule has 29 heavy (non-hydrogen) atoms. The van der Waals surface area contributed by atoms with Crippen molar-refractivity contribution in [3.63, 3.8) is 0 Å². The fourth-order valence-electron chi connectivity index (χ4n) is 2.58. The number of hydrogen-bond acceptors (Lipinski definition) is 9. The van der Waals surface area contributed by atoms with Crippen molar-refractivity contribution >= 4 is 45.7 Å². The van der Waals surface area contributed by atoms with E-state index in [4.69, 9.17) is 16.7 Å². The molecular formula is C19H21ClN6O2S. The van der Waals surface area contributed by atoms with Crippen molar-refractivity contribution in [1.82, 2.24) is 19.9 Å². The molecule has 0 unspecified atom stereocenters. The van der Waals surface area contributed by atoms with Crippen LogP contribution in [0.15, 0.2) is 24.4 Å². The molecule has 0 spiro atoms. The highest BCUT2D eigenvalue weighted by Crippen LogP contribution is 2.25. The van der Waals surface area contributed by atoms with Crippen molar-refractivity contribution < 1.29 is 9.90 Å². The second-order valence-electron chi connectivity index (χ2n) is 6.19. The monoisotopic (exact) mass is 432 g/mol. The first kappa shape index (κ1) is 21.1. The molecule has 0 radical (unpaired) electrons. The Labute approximate surface area is 177 Å². The summed E-state index contributed by atoms with van der Waals surface area (Å²) in [5.41, 5.74) is 1.81. The summed E-state index contributed by atoms with van der Waals surface area (Å²) in [4.78, 5) is 30.3. The van der Waals surface area contributed by atoms with Gasteiger partial charge in [-0.2, -0.15) is 15.0 Å². The smallest absolute Gasteiger partial charge is 0.234 e. The first-order valence-electron chi connectivity index (χ1n) is 9.10. The number of carbonyl (C=O) groups excluding carboxylic acids is 1. The molecule has 10 heteroatoms. The normalized spacial score (nSPS) is 10.8. The lowest BCUT2D eigenvalue weighted by Gasteiger charge is -2.07. The second-order valence-corrected chi connectivity index (χ2v) is 7.63. The first-order valence-corrected chi connectivity index (χ1v) is 10.3. The number of aliphatic hydroxyl groups is 1. The maximum absolute atomic E-state index is 12.7. The van der Waals surface area contributed by atoms with E-state index < -0.39 is 0 Å². The minimum atomic E-state index is -0.0538. The van der Waals surface area contributed by atoms with Gasteiger partial charge in [0.25, 0.3) is 0 Å². The third-order valence-corrected chi connectivity index (χ3v) is 5.39. The van der Waals surface area contributed by atoms with Gasteiger partial charge in [-0.05, 0) is 24.1 Å². The van der Waals surface area contributed by atoms with Gasteiger partial charge >= 0.3 is 0 Å². The Morgan fingerprint density at radius 1 is 1.24 bits per heavy atom. The van der Waals surface area contributed by atoms with Crippen LogP contribution in [0.1, 0.15) is 33.5 Å². The lowest BCUT2D eigenvalue weighted by Crippen LogP contribution is -2.12.